The summed E-state index contributed by atoms with van der Waals surface area (Å²) in [5.74, 6) is -1.15. The number of halogens is 3. The molecule has 3 heterocycles. The van der Waals surface area contributed by atoms with Crippen LogP contribution in [0.15, 0.2) is 54.7 Å². The summed E-state index contributed by atoms with van der Waals surface area (Å²) >= 11 is 0. The van der Waals surface area contributed by atoms with E-state index in [-0.39, 0.29) is 12.4 Å². The minimum atomic E-state index is -0.618. The molecule has 7 heteroatoms. The van der Waals surface area contributed by atoms with Crippen LogP contribution >= 0.6 is 0 Å². The van der Waals surface area contributed by atoms with Gasteiger partial charge < -0.3 is 15.6 Å². The number of H-pyrrole nitrogens is 1. The number of piperidine rings is 1. The molecule has 32 heavy (non-hydrogen) atoms. The smallest absolute Gasteiger partial charge is 0.138 e. The molecule has 0 saturated carbocycles. The van der Waals surface area contributed by atoms with Gasteiger partial charge in [-0.15, -0.1) is 0 Å². The normalized spacial score (nSPS) is 14.7. The maximum atomic E-state index is 14.8. The van der Waals surface area contributed by atoms with E-state index >= 15 is 0 Å². The monoisotopic (exact) mass is 436 g/mol. The summed E-state index contributed by atoms with van der Waals surface area (Å²) in [7, 11) is 0. The highest BCUT2D eigenvalue weighted by Gasteiger charge is 2.19. The molecule has 0 atom stereocenters. The average molecular weight is 436 g/mol. The first-order valence-electron chi connectivity index (χ1n) is 10.7. The molecule has 2 aromatic heterocycles. The van der Waals surface area contributed by atoms with E-state index in [1.807, 2.05) is 6.07 Å². The summed E-state index contributed by atoms with van der Waals surface area (Å²) in [4.78, 5) is 7.86. The Bertz CT molecular complexity index is 1260. The molecule has 1 saturated heterocycles. The zero-order valence-corrected chi connectivity index (χ0v) is 17.4. The van der Waals surface area contributed by atoms with Crippen LogP contribution in [0.2, 0.25) is 0 Å². The highest BCUT2D eigenvalue weighted by molar-refractivity contribution is 5.94. The number of hydrogen-bond acceptors (Lipinski definition) is 3. The fourth-order valence-electron chi connectivity index (χ4n) is 4.34. The zero-order valence-electron chi connectivity index (χ0n) is 17.4. The van der Waals surface area contributed by atoms with Crippen molar-refractivity contribution in [2.24, 2.45) is 0 Å². The summed E-state index contributed by atoms with van der Waals surface area (Å²) in [5.41, 5.74) is 4.04. The SMILES string of the molecule is Fc1ccc(CNc2ccc(F)c(-c3ccnc4[nH]c(C5CCNCC5)cc34)c2)c(F)c1. The maximum absolute atomic E-state index is 14.8. The van der Waals surface area contributed by atoms with Crippen molar-refractivity contribution in [3.05, 3.63) is 83.4 Å². The molecule has 5 rings (SSSR count). The van der Waals surface area contributed by atoms with Gasteiger partial charge in [0.15, 0.2) is 0 Å². The molecule has 2 aromatic carbocycles. The van der Waals surface area contributed by atoms with Gasteiger partial charge in [-0.2, -0.15) is 0 Å². The van der Waals surface area contributed by atoms with Crippen LogP contribution in [0.3, 0.4) is 0 Å². The Labute approximate surface area is 183 Å². The molecule has 0 spiro atoms. The van der Waals surface area contributed by atoms with Crippen LogP contribution in [0.25, 0.3) is 22.2 Å². The van der Waals surface area contributed by atoms with Gasteiger partial charge in [0, 0.05) is 52.6 Å². The molecule has 1 aliphatic heterocycles. The summed E-state index contributed by atoms with van der Waals surface area (Å²) in [6, 6.07) is 12.1. The number of aromatic nitrogens is 2. The fraction of sp³-hybridized carbons (Fsp3) is 0.240. The number of benzene rings is 2. The Morgan fingerprint density at radius 3 is 2.56 bits per heavy atom. The van der Waals surface area contributed by atoms with Gasteiger partial charge in [0.1, 0.15) is 23.1 Å². The van der Waals surface area contributed by atoms with Crippen molar-refractivity contribution in [2.45, 2.75) is 25.3 Å². The molecular weight excluding hydrogens is 413 g/mol. The average Bonchev–Trinajstić information content (AvgIpc) is 3.25. The van der Waals surface area contributed by atoms with Crippen LogP contribution in [-0.2, 0) is 6.54 Å². The van der Waals surface area contributed by atoms with E-state index in [1.165, 1.54) is 18.2 Å². The first kappa shape index (κ1) is 20.6. The van der Waals surface area contributed by atoms with Crippen LogP contribution in [0.4, 0.5) is 18.9 Å². The lowest BCUT2D eigenvalue weighted by Crippen LogP contribution is -2.26. The van der Waals surface area contributed by atoms with Crippen LogP contribution in [0, 0.1) is 17.5 Å². The predicted molar refractivity (Wildman–Crippen MR) is 120 cm³/mol. The van der Waals surface area contributed by atoms with Crippen molar-refractivity contribution in [3.63, 3.8) is 0 Å². The van der Waals surface area contributed by atoms with Crippen molar-refractivity contribution >= 4 is 16.7 Å². The number of nitrogens with one attached hydrogen (secondary N) is 3. The van der Waals surface area contributed by atoms with Gasteiger partial charge in [0.25, 0.3) is 0 Å². The third-order valence-corrected chi connectivity index (χ3v) is 6.09. The topological polar surface area (TPSA) is 52.7 Å². The van der Waals surface area contributed by atoms with E-state index in [4.69, 9.17) is 0 Å². The number of fused-ring (bicyclic) bond motifs is 1. The molecule has 1 aliphatic rings. The van der Waals surface area contributed by atoms with Crippen molar-refractivity contribution < 1.29 is 13.2 Å². The molecule has 4 nitrogen and oxygen atoms in total. The molecule has 164 valence electrons. The standard InChI is InChI=1S/C25H23F3N4/c26-17-2-1-16(23(28)11-17)14-31-18-3-4-22(27)20(12-18)19-7-10-30-25-21(19)13-24(32-25)15-5-8-29-9-6-15/h1-4,7,10-13,15,29,31H,5-6,8-9,14H2,(H,30,32). The highest BCUT2D eigenvalue weighted by atomic mass is 19.1. The summed E-state index contributed by atoms with van der Waals surface area (Å²) in [6.07, 6.45) is 3.78. The quantitative estimate of drug-likeness (QED) is 0.375. The van der Waals surface area contributed by atoms with Gasteiger partial charge in [-0.25, -0.2) is 18.2 Å². The zero-order chi connectivity index (χ0) is 22.1. The predicted octanol–water partition coefficient (Wildman–Crippen LogP) is 5.73. The second-order valence-corrected chi connectivity index (χ2v) is 8.15. The van der Waals surface area contributed by atoms with E-state index < -0.39 is 11.6 Å². The Kier molecular flexibility index (Phi) is 5.57. The van der Waals surface area contributed by atoms with Crippen LogP contribution in [-0.4, -0.2) is 23.1 Å². The van der Waals surface area contributed by atoms with Crippen LogP contribution in [0.5, 0.6) is 0 Å². The fourth-order valence-corrected chi connectivity index (χ4v) is 4.34. The summed E-state index contributed by atoms with van der Waals surface area (Å²) in [6.45, 7) is 2.13. The van der Waals surface area contributed by atoms with Gasteiger partial charge in [0.05, 0.1) is 0 Å². The molecule has 3 N–H and O–H groups in total. The second-order valence-electron chi connectivity index (χ2n) is 8.15. The molecule has 0 unspecified atom stereocenters. The maximum Gasteiger partial charge on any atom is 0.138 e. The minimum Gasteiger partial charge on any atom is -0.381 e. The van der Waals surface area contributed by atoms with E-state index in [9.17, 15) is 13.2 Å². The van der Waals surface area contributed by atoms with Crippen molar-refractivity contribution in [1.82, 2.24) is 15.3 Å². The lowest BCUT2D eigenvalue weighted by atomic mass is 9.94. The number of aromatic amines is 1. The molecule has 0 bridgehead atoms. The third-order valence-electron chi connectivity index (χ3n) is 6.09. The molecule has 0 aliphatic carbocycles. The highest BCUT2D eigenvalue weighted by Crippen LogP contribution is 2.34. The number of hydrogen-bond donors (Lipinski definition) is 3. The van der Waals surface area contributed by atoms with E-state index in [2.05, 4.69) is 26.7 Å². The van der Waals surface area contributed by atoms with Crippen LogP contribution < -0.4 is 10.6 Å². The van der Waals surface area contributed by atoms with Gasteiger partial charge in [0.2, 0.25) is 0 Å². The largest absolute Gasteiger partial charge is 0.381 e. The molecule has 4 aromatic rings. The second kappa shape index (κ2) is 8.67. The van der Waals surface area contributed by atoms with Gasteiger partial charge in [-0.3, -0.25) is 0 Å². The lowest BCUT2D eigenvalue weighted by molar-refractivity contribution is 0.455. The Balaban J connectivity index is 1.45. The number of rotatable bonds is 5. The molecule has 1 fully saturated rings. The van der Waals surface area contributed by atoms with Crippen molar-refractivity contribution in [1.29, 1.82) is 0 Å². The van der Waals surface area contributed by atoms with Crippen LogP contribution in [0.1, 0.15) is 30.0 Å². The summed E-state index contributed by atoms with van der Waals surface area (Å²) in [5, 5.41) is 7.35. The minimum absolute atomic E-state index is 0.160. The molecular formula is C25H23F3N4. The van der Waals surface area contributed by atoms with E-state index in [0.717, 1.165) is 54.3 Å². The molecule has 0 amide bonds. The first-order valence-corrected chi connectivity index (χ1v) is 10.7. The van der Waals surface area contributed by atoms with E-state index in [0.29, 0.717) is 22.7 Å². The Morgan fingerprint density at radius 1 is 0.906 bits per heavy atom. The van der Waals surface area contributed by atoms with Gasteiger partial charge in [-0.05, 0) is 67.9 Å². The summed E-state index contributed by atoms with van der Waals surface area (Å²) < 4.78 is 41.9. The Hall–Kier alpha value is -3.32. The van der Waals surface area contributed by atoms with Gasteiger partial charge >= 0.3 is 0 Å². The van der Waals surface area contributed by atoms with Crippen molar-refractivity contribution in [3.8, 4) is 11.1 Å². The number of pyridine rings is 1. The van der Waals surface area contributed by atoms with Crippen molar-refractivity contribution in [2.75, 3.05) is 18.4 Å². The Morgan fingerprint density at radius 2 is 1.75 bits per heavy atom. The van der Waals surface area contributed by atoms with E-state index in [1.54, 1.807) is 18.3 Å². The van der Waals surface area contributed by atoms with Gasteiger partial charge in [-0.1, -0.05) is 6.07 Å². The number of nitrogens with zero attached hydrogens (tertiary/aromatic N) is 1. The third kappa shape index (κ3) is 4.08. The lowest BCUT2D eigenvalue weighted by Gasteiger charge is -2.21. The number of anilines is 1. The first-order chi connectivity index (χ1) is 15.6. The molecule has 0 radical (unpaired) electrons.